The predicted octanol–water partition coefficient (Wildman–Crippen LogP) is 0.467. The van der Waals surface area contributed by atoms with E-state index in [0.29, 0.717) is 5.56 Å². The van der Waals surface area contributed by atoms with Crippen LogP contribution in [0.15, 0.2) is 12.1 Å². The minimum absolute atomic E-state index is 0.0301. The first-order valence-electron chi connectivity index (χ1n) is 3.34. The Bertz CT molecular complexity index is 280. The molecule has 1 aromatic rings. The maximum absolute atomic E-state index is 13.0. The molecule has 0 aliphatic carbocycles. The molecule has 0 unspecified atom stereocenters. The highest BCUT2D eigenvalue weighted by molar-refractivity contribution is 6.62. The van der Waals surface area contributed by atoms with E-state index in [2.05, 4.69) is 0 Å². The molecule has 1 rings (SSSR count). The number of benzene rings is 1. The van der Waals surface area contributed by atoms with E-state index in [9.17, 15) is 4.39 Å². The minimum atomic E-state index is -1.86. The van der Waals surface area contributed by atoms with Crippen LogP contribution in [0.25, 0.3) is 0 Å². The van der Waals surface area contributed by atoms with E-state index >= 15 is 0 Å². The molecule has 1 aromatic carbocycles. The summed E-state index contributed by atoms with van der Waals surface area (Å²) in [6.45, 7) is 1.67. The molecule has 2 nitrogen and oxygen atoms in total. The van der Waals surface area contributed by atoms with E-state index in [1.54, 1.807) is 6.92 Å². The van der Waals surface area contributed by atoms with Gasteiger partial charge in [0, 0.05) is 10.5 Å². The molecular weight excluding hydrogens is 181 g/mol. The van der Waals surface area contributed by atoms with Crippen molar-refractivity contribution in [1.29, 1.82) is 0 Å². The molecule has 0 spiro atoms. The first-order chi connectivity index (χ1) is 5.52. The van der Waals surface area contributed by atoms with Gasteiger partial charge in [0.25, 0.3) is 0 Å². The van der Waals surface area contributed by atoms with E-state index in [1.165, 1.54) is 12.1 Å². The third kappa shape index (κ3) is 1.77. The summed E-state index contributed by atoms with van der Waals surface area (Å²) in [5.41, 5.74) is 0.365. The maximum Gasteiger partial charge on any atom is 0.492 e. The van der Waals surface area contributed by atoms with Crippen molar-refractivity contribution in [1.82, 2.24) is 0 Å². The summed E-state index contributed by atoms with van der Waals surface area (Å²) >= 11 is 5.57. The highest BCUT2D eigenvalue weighted by Crippen LogP contribution is 2.11. The molecule has 2 N–H and O–H groups in total. The van der Waals surface area contributed by atoms with Crippen LogP contribution in [0.3, 0.4) is 0 Å². The molecule has 0 aromatic heterocycles. The number of halogens is 2. The van der Waals surface area contributed by atoms with Crippen LogP contribution in [0.2, 0.25) is 5.02 Å². The van der Waals surface area contributed by atoms with Gasteiger partial charge in [-0.2, -0.15) is 0 Å². The lowest BCUT2D eigenvalue weighted by atomic mass is 9.79. The van der Waals surface area contributed by atoms with Crippen molar-refractivity contribution in [3.05, 3.63) is 28.5 Å². The fourth-order valence-corrected chi connectivity index (χ4v) is 1.32. The highest BCUT2D eigenvalue weighted by Gasteiger charge is 2.20. The van der Waals surface area contributed by atoms with Crippen molar-refractivity contribution in [3.63, 3.8) is 0 Å². The van der Waals surface area contributed by atoms with Crippen LogP contribution in [0.4, 0.5) is 4.39 Å². The molecule has 0 aliphatic rings. The van der Waals surface area contributed by atoms with Crippen molar-refractivity contribution in [3.8, 4) is 0 Å². The van der Waals surface area contributed by atoms with Crippen molar-refractivity contribution in [2.75, 3.05) is 0 Å². The summed E-state index contributed by atoms with van der Waals surface area (Å²) in [5.74, 6) is -0.699. The fraction of sp³-hybridized carbons (Fsp3) is 0.143. The molecule has 0 amide bonds. The summed E-state index contributed by atoms with van der Waals surface area (Å²) in [6.07, 6.45) is 0. The maximum atomic E-state index is 13.0. The zero-order chi connectivity index (χ0) is 9.30. The lowest BCUT2D eigenvalue weighted by Gasteiger charge is -2.04. The van der Waals surface area contributed by atoms with Gasteiger partial charge in [0.1, 0.15) is 5.82 Å². The van der Waals surface area contributed by atoms with Gasteiger partial charge in [-0.3, -0.25) is 0 Å². The second-order valence-corrected chi connectivity index (χ2v) is 2.92. The Balaban J connectivity index is 3.28. The molecule has 0 radical (unpaired) electrons. The average Bonchev–Trinajstić information content (AvgIpc) is 1.82. The molecule has 0 bridgehead atoms. The van der Waals surface area contributed by atoms with Crippen LogP contribution < -0.4 is 5.46 Å². The van der Waals surface area contributed by atoms with Crippen LogP contribution in [0.5, 0.6) is 0 Å². The van der Waals surface area contributed by atoms with Gasteiger partial charge >= 0.3 is 7.12 Å². The molecule has 0 saturated carbocycles. The molecule has 0 aliphatic heterocycles. The summed E-state index contributed by atoms with van der Waals surface area (Å²) in [5, 5.41) is 17.4. The van der Waals surface area contributed by atoms with Crippen LogP contribution in [0.1, 0.15) is 5.56 Å². The van der Waals surface area contributed by atoms with Crippen LogP contribution in [0, 0.1) is 12.7 Å². The van der Waals surface area contributed by atoms with Gasteiger partial charge in [0.15, 0.2) is 0 Å². The first-order valence-corrected chi connectivity index (χ1v) is 3.72. The number of hydrogen-bond acceptors (Lipinski definition) is 2. The summed E-state index contributed by atoms with van der Waals surface area (Å²) in [6, 6.07) is 2.67. The van der Waals surface area contributed by atoms with E-state index in [4.69, 9.17) is 21.6 Å². The third-order valence-corrected chi connectivity index (χ3v) is 1.79. The van der Waals surface area contributed by atoms with Crippen molar-refractivity contribution < 1.29 is 14.4 Å². The zero-order valence-corrected chi connectivity index (χ0v) is 7.14. The Morgan fingerprint density at radius 1 is 1.42 bits per heavy atom. The van der Waals surface area contributed by atoms with Crippen LogP contribution >= 0.6 is 11.6 Å². The smallest absolute Gasteiger partial charge is 0.423 e. The topological polar surface area (TPSA) is 40.5 Å². The molecule has 5 heteroatoms. The predicted molar refractivity (Wildman–Crippen MR) is 46.0 cm³/mol. The molecule has 64 valence electrons. The van der Waals surface area contributed by atoms with Crippen LogP contribution in [-0.2, 0) is 0 Å². The Hall–Kier alpha value is -0.575. The van der Waals surface area contributed by atoms with Crippen molar-refractivity contribution in [2.24, 2.45) is 0 Å². The molecule has 0 heterocycles. The number of hydrogen-bond donors (Lipinski definition) is 2. The van der Waals surface area contributed by atoms with Gasteiger partial charge < -0.3 is 10.0 Å². The molecule has 0 atom stereocenters. The van der Waals surface area contributed by atoms with Gasteiger partial charge in [-0.25, -0.2) is 4.39 Å². The number of rotatable bonds is 1. The summed E-state index contributed by atoms with van der Waals surface area (Å²) in [7, 11) is -1.86. The average molecular weight is 188 g/mol. The minimum Gasteiger partial charge on any atom is -0.423 e. The second kappa shape index (κ2) is 3.43. The monoisotopic (exact) mass is 188 g/mol. The third-order valence-electron chi connectivity index (χ3n) is 1.48. The Morgan fingerprint density at radius 2 is 2.00 bits per heavy atom. The van der Waals surface area contributed by atoms with Crippen LogP contribution in [-0.4, -0.2) is 17.2 Å². The van der Waals surface area contributed by atoms with Gasteiger partial charge in [-0.15, -0.1) is 0 Å². The lowest BCUT2D eigenvalue weighted by Crippen LogP contribution is -2.33. The first kappa shape index (κ1) is 9.51. The van der Waals surface area contributed by atoms with Gasteiger partial charge in [0.2, 0.25) is 0 Å². The van der Waals surface area contributed by atoms with E-state index < -0.39 is 12.9 Å². The van der Waals surface area contributed by atoms with E-state index in [1.807, 2.05) is 0 Å². The largest absolute Gasteiger partial charge is 0.492 e. The summed E-state index contributed by atoms with van der Waals surface area (Å²) < 4.78 is 13.0. The molecule has 12 heavy (non-hydrogen) atoms. The zero-order valence-electron chi connectivity index (χ0n) is 6.38. The SMILES string of the molecule is Cc1cc(F)c(B(O)O)c(Cl)c1. The number of aryl methyl sites for hydroxylation is 1. The normalized spacial score (nSPS) is 10.1. The van der Waals surface area contributed by atoms with Crippen molar-refractivity contribution in [2.45, 2.75) is 6.92 Å². The fourth-order valence-electron chi connectivity index (χ4n) is 0.958. The second-order valence-electron chi connectivity index (χ2n) is 2.52. The Morgan fingerprint density at radius 3 is 2.42 bits per heavy atom. The van der Waals surface area contributed by atoms with Gasteiger partial charge in [-0.1, -0.05) is 11.6 Å². The molecule has 0 fully saturated rings. The molecular formula is C7H7BClFO2. The van der Waals surface area contributed by atoms with Gasteiger partial charge in [-0.05, 0) is 24.6 Å². The lowest BCUT2D eigenvalue weighted by molar-refractivity contribution is 0.423. The van der Waals surface area contributed by atoms with E-state index in [0.717, 1.165) is 0 Å². The molecule has 0 saturated heterocycles. The standard InChI is InChI=1S/C7H7BClFO2/c1-4-2-5(9)7(8(11)12)6(10)3-4/h2-3,11-12H,1H3. The highest BCUT2D eigenvalue weighted by atomic mass is 35.5. The van der Waals surface area contributed by atoms with Crippen molar-refractivity contribution >= 4 is 24.2 Å². The van der Waals surface area contributed by atoms with Gasteiger partial charge in [0.05, 0.1) is 0 Å². The summed E-state index contributed by atoms with van der Waals surface area (Å²) in [4.78, 5) is 0. The Kier molecular flexibility index (Phi) is 2.72. The quantitative estimate of drug-likeness (QED) is 0.629. The van der Waals surface area contributed by atoms with E-state index in [-0.39, 0.29) is 10.5 Å². The Labute approximate surface area is 74.7 Å².